The average Bonchev–Trinajstić information content (AvgIpc) is 3.16. The largest absolute Gasteiger partial charge is 0.489 e. The van der Waals surface area contributed by atoms with Crippen LogP contribution < -0.4 is 10.1 Å². The summed E-state index contributed by atoms with van der Waals surface area (Å²) in [6.07, 6.45) is 3.07. The second-order valence-electron chi connectivity index (χ2n) is 5.70. The molecule has 2 heterocycles. The lowest BCUT2D eigenvalue weighted by Gasteiger charge is -2.09. The fourth-order valence-electron chi connectivity index (χ4n) is 2.56. The molecule has 26 heavy (non-hydrogen) atoms. The van der Waals surface area contributed by atoms with E-state index in [1.54, 1.807) is 24.5 Å². The van der Waals surface area contributed by atoms with Crippen molar-refractivity contribution in [3.8, 4) is 5.75 Å². The molecule has 6 nitrogen and oxygen atoms in total. The molecule has 0 amide bonds. The molecule has 0 bridgehead atoms. The van der Waals surface area contributed by atoms with E-state index >= 15 is 0 Å². The van der Waals surface area contributed by atoms with Crippen molar-refractivity contribution in [1.82, 2.24) is 19.9 Å². The van der Waals surface area contributed by atoms with Crippen LogP contribution in [-0.2, 0) is 13.2 Å². The molecule has 0 atom stereocenters. The number of anilines is 1. The lowest BCUT2D eigenvalue weighted by molar-refractivity contribution is 0.300. The van der Waals surface area contributed by atoms with Crippen LogP contribution in [0.4, 0.5) is 10.2 Å². The Labute approximate surface area is 149 Å². The maximum absolute atomic E-state index is 13.6. The molecule has 0 unspecified atom stereocenters. The number of hydrogen-bond donors (Lipinski definition) is 2. The van der Waals surface area contributed by atoms with Crippen LogP contribution in [0.1, 0.15) is 11.1 Å². The minimum absolute atomic E-state index is 0.197. The van der Waals surface area contributed by atoms with Gasteiger partial charge in [-0.15, -0.1) is 0 Å². The van der Waals surface area contributed by atoms with Crippen molar-refractivity contribution in [1.29, 1.82) is 0 Å². The molecule has 2 aromatic heterocycles. The molecule has 0 aliphatic heterocycles. The molecular formula is C19H16FN5O. The third kappa shape index (κ3) is 3.46. The van der Waals surface area contributed by atoms with Gasteiger partial charge in [-0.05, 0) is 23.8 Å². The van der Waals surface area contributed by atoms with Gasteiger partial charge in [-0.1, -0.05) is 30.3 Å². The summed E-state index contributed by atoms with van der Waals surface area (Å²) in [7, 11) is 0. The van der Waals surface area contributed by atoms with Gasteiger partial charge in [0.05, 0.1) is 6.33 Å². The fourth-order valence-corrected chi connectivity index (χ4v) is 2.56. The summed E-state index contributed by atoms with van der Waals surface area (Å²) in [4.78, 5) is 15.4. The second kappa shape index (κ2) is 7.18. The highest BCUT2D eigenvalue weighted by Gasteiger charge is 2.06. The number of hydrogen-bond acceptors (Lipinski definition) is 5. The molecule has 0 fully saturated rings. The van der Waals surface area contributed by atoms with Gasteiger partial charge in [0, 0.05) is 12.1 Å². The Kier molecular flexibility index (Phi) is 4.42. The zero-order chi connectivity index (χ0) is 17.8. The Morgan fingerprint density at radius 2 is 1.85 bits per heavy atom. The number of imidazole rings is 1. The van der Waals surface area contributed by atoms with Crippen LogP contribution in [0, 0.1) is 5.82 Å². The Balaban J connectivity index is 1.37. The van der Waals surface area contributed by atoms with Gasteiger partial charge in [-0.3, -0.25) is 0 Å². The van der Waals surface area contributed by atoms with Crippen LogP contribution in [0.5, 0.6) is 5.75 Å². The van der Waals surface area contributed by atoms with E-state index in [0.717, 1.165) is 11.1 Å². The summed E-state index contributed by atoms with van der Waals surface area (Å²) in [5.41, 5.74) is 3.00. The Bertz CT molecular complexity index is 1020. The monoisotopic (exact) mass is 349 g/mol. The maximum atomic E-state index is 13.6. The van der Waals surface area contributed by atoms with E-state index in [-0.39, 0.29) is 12.4 Å². The molecule has 4 aromatic rings. The average molecular weight is 349 g/mol. The number of fused-ring (bicyclic) bond motifs is 1. The van der Waals surface area contributed by atoms with Crippen LogP contribution >= 0.6 is 0 Å². The first-order valence-corrected chi connectivity index (χ1v) is 8.13. The summed E-state index contributed by atoms with van der Waals surface area (Å²) in [5, 5.41) is 3.26. The van der Waals surface area contributed by atoms with Crippen molar-refractivity contribution in [3.63, 3.8) is 0 Å². The molecule has 4 rings (SSSR count). The Morgan fingerprint density at radius 3 is 2.69 bits per heavy atom. The first-order chi connectivity index (χ1) is 12.8. The molecule has 0 aliphatic rings. The molecule has 2 aromatic carbocycles. The standard InChI is InChI=1S/C19H16FN5O/c20-16-4-2-1-3-14(16)10-26-15-7-5-13(6-8-15)9-21-18-17-19(23-11-22-17)25-12-24-18/h1-8,11-12H,9-10H2,(H2,21,22,23,24,25). The number of nitrogens with zero attached hydrogens (tertiary/aromatic N) is 3. The van der Waals surface area contributed by atoms with Gasteiger partial charge in [-0.2, -0.15) is 0 Å². The van der Waals surface area contributed by atoms with Gasteiger partial charge in [0.2, 0.25) is 0 Å². The zero-order valence-electron chi connectivity index (χ0n) is 13.8. The molecule has 130 valence electrons. The summed E-state index contributed by atoms with van der Waals surface area (Å²) < 4.78 is 19.2. The molecule has 0 aliphatic carbocycles. The zero-order valence-corrected chi connectivity index (χ0v) is 13.8. The molecule has 0 saturated carbocycles. The molecule has 0 saturated heterocycles. The van der Waals surface area contributed by atoms with E-state index in [4.69, 9.17) is 4.74 Å². The molecule has 7 heteroatoms. The predicted octanol–water partition coefficient (Wildman–Crippen LogP) is 3.68. The molecule has 0 radical (unpaired) electrons. The van der Waals surface area contributed by atoms with Crippen molar-refractivity contribution in [2.24, 2.45) is 0 Å². The van der Waals surface area contributed by atoms with Gasteiger partial charge >= 0.3 is 0 Å². The molecule has 2 N–H and O–H groups in total. The summed E-state index contributed by atoms with van der Waals surface area (Å²) in [6.45, 7) is 0.793. The van der Waals surface area contributed by atoms with E-state index in [1.807, 2.05) is 24.3 Å². The second-order valence-corrected chi connectivity index (χ2v) is 5.70. The number of aromatic nitrogens is 4. The minimum atomic E-state index is -0.261. The number of aromatic amines is 1. The first kappa shape index (κ1) is 16.0. The van der Waals surface area contributed by atoms with E-state index in [0.29, 0.717) is 29.3 Å². The SMILES string of the molecule is Fc1ccccc1COc1ccc(CNc2ncnc3nc[nH]c23)cc1. The third-order valence-corrected chi connectivity index (χ3v) is 3.96. The number of ether oxygens (including phenoxy) is 1. The Morgan fingerprint density at radius 1 is 1.00 bits per heavy atom. The maximum Gasteiger partial charge on any atom is 0.182 e. The van der Waals surface area contributed by atoms with Crippen molar-refractivity contribution in [2.45, 2.75) is 13.2 Å². The van der Waals surface area contributed by atoms with E-state index in [1.165, 1.54) is 12.4 Å². The normalized spacial score (nSPS) is 10.8. The molecule has 0 spiro atoms. The van der Waals surface area contributed by atoms with E-state index in [9.17, 15) is 4.39 Å². The van der Waals surface area contributed by atoms with Gasteiger partial charge in [-0.25, -0.2) is 19.3 Å². The van der Waals surface area contributed by atoms with Crippen LogP contribution in [0.2, 0.25) is 0 Å². The van der Waals surface area contributed by atoms with Crippen LogP contribution in [0.3, 0.4) is 0 Å². The first-order valence-electron chi connectivity index (χ1n) is 8.13. The summed E-state index contributed by atoms with van der Waals surface area (Å²) in [6, 6.07) is 14.2. The third-order valence-electron chi connectivity index (χ3n) is 3.96. The van der Waals surface area contributed by atoms with Gasteiger partial charge < -0.3 is 15.0 Å². The van der Waals surface area contributed by atoms with Gasteiger partial charge in [0.15, 0.2) is 11.5 Å². The number of nitrogens with one attached hydrogen (secondary N) is 2. The van der Waals surface area contributed by atoms with E-state index in [2.05, 4.69) is 25.3 Å². The summed E-state index contributed by atoms with van der Waals surface area (Å²) >= 11 is 0. The van der Waals surface area contributed by atoms with Crippen LogP contribution in [0.25, 0.3) is 11.2 Å². The van der Waals surface area contributed by atoms with Crippen LogP contribution in [0.15, 0.2) is 61.2 Å². The lowest BCUT2D eigenvalue weighted by atomic mass is 10.2. The number of halogens is 1. The van der Waals surface area contributed by atoms with Crippen LogP contribution in [-0.4, -0.2) is 19.9 Å². The van der Waals surface area contributed by atoms with Crippen molar-refractivity contribution in [2.75, 3.05) is 5.32 Å². The molecular weight excluding hydrogens is 333 g/mol. The predicted molar refractivity (Wildman–Crippen MR) is 96.2 cm³/mol. The highest BCUT2D eigenvalue weighted by atomic mass is 19.1. The topological polar surface area (TPSA) is 75.7 Å². The number of benzene rings is 2. The van der Waals surface area contributed by atoms with Crippen molar-refractivity contribution >= 4 is 17.0 Å². The quantitative estimate of drug-likeness (QED) is 0.555. The highest BCUT2D eigenvalue weighted by molar-refractivity contribution is 5.81. The van der Waals surface area contributed by atoms with E-state index < -0.39 is 0 Å². The lowest BCUT2D eigenvalue weighted by Crippen LogP contribution is -2.03. The number of H-pyrrole nitrogens is 1. The highest BCUT2D eigenvalue weighted by Crippen LogP contribution is 2.18. The van der Waals surface area contributed by atoms with Crippen molar-refractivity contribution < 1.29 is 9.13 Å². The number of rotatable bonds is 6. The Hall–Kier alpha value is -3.48. The minimum Gasteiger partial charge on any atom is -0.489 e. The smallest absolute Gasteiger partial charge is 0.182 e. The summed E-state index contributed by atoms with van der Waals surface area (Å²) in [5.74, 6) is 1.13. The van der Waals surface area contributed by atoms with Gasteiger partial charge in [0.1, 0.15) is 30.0 Å². The van der Waals surface area contributed by atoms with Gasteiger partial charge in [0.25, 0.3) is 0 Å². The fraction of sp³-hybridized carbons (Fsp3) is 0.105. The van der Waals surface area contributed by atoms with Crippen molar-refractivity contribution in [3.05, 3.63) is 78.1 Å².